The Kier molecular flexibility index (Phi) is 4.61. The zero-order chi connectivity index (χ0) is 15.2. The normalized spacial score (nSPS) is 10.1. The number of carbonyl (C=O) groups is 2. The van der Waals surface area contributed by atoms with E-state index in [1.807, 2.05) is 13.0 Å². The van der Waals surface area contributed by atoms with Gasteiger partial charge in [0.05, 0.1) is 13.0 Å². The summed E-state index contributed by atoms with van der Waals surface area (Å²) in [6.07, 6.45) is -0.0374. The molecule has 1 aromatic heterocycles. The summed E-state index contributed by atoms with van der Waals surface area (Å²) in [5, 5.41) is 14.0. The maximum absolute atomic E-state index is 11.7. The van der Waals surface area contributed by atoms with Crippen LogP contribution in [0, 0.1) is 6.92 Å². The predicted octanol–water partition coefficient (Wildman–Crippen LogP) is 2.54. The topological polar surface area (TPSA) is 91.6 Å². The van der Waals surface area contributed by atoms with Gasteiger partial charge in [0.1, 0.15) is 11.5 Å². The Hall–Kier alpha value is -2.76. The van der Waals surface area contributed by atoms with Crippen LogP contribution in [-0.4, -0.2) is 17.1 Å². The standard InChI is InChI=1S/C15H16N2O4/c1-10-2-7-13(21-10)9-16-15(20)17-12-5-3-11(4-6-12)8-14(18)19/h2-7H,8-9H2,1H3,(H,18,19)(H2,16,17,20). The molecule has 0 spiro atoms. The third-order valence-electron chi connectivity index (χ3n) is 2.79. The molecule has 2 amide bonds. The van der Waals surface area contributed by atoms with Crippen LogP contribution in [0.4, 0.5) is 10.5 Å². The fraction of sp³-hybridized carbons (Fsp3) is 0.200. The first-order chi connectivity index (χ1) is 10.0. The summed E-state index contributed by atoms with van der Waals surface area (Å²) in [5.41, 5.74) is 1.27. The highest BCUT2D eigenvalue weighted by atomic mass is 16.4. The highest BCUT2D eigenvalue weighted by Gasteiger charge is 2.05. The minimum Gasteiger partial charge on any atom is -0.481 e. The Bertz CT molecular complexity index is 631. The third kappa shape index (κ3) is 4.68. The van der Waals surface area contributed by atoms with E-state index in [9.17, 15) is 9.59 Å². The molecule has 1 aromatic carbocycles. The molecule has 0 aliphatic rings. The van der Waals surface area contributed by atoms with Gasteiger partial charge in [0.15, 0.2) is 0 Å². The van der Waals surface area contributed by atoms with Crippen molar-refractivity contribution in [3.05, 3.63) is 53.5 Å². The summed E-state index contributed by atoms with van der Waals surface area (Å²) < 4.78 is 5.34. The molecule has 0 saturated heterocycles. The fourth-order valence-corrected chi connectivity index (χ4v) is 1.80. The highest BCUT2D eigenvalue weighted by molar-refractivity contribution is 5.89. The molecule has 2 rings (SSSR count). The molecule has 0 fully saturated rings. The second-order valence-corrected chi connectivity index (χ2v) is 4.59. The number of urea groups is 1. The van der Waals surface area contributed by atoms with E-state index in [0.29, 0.717) is 23.6 Å². The predicted molar refractivity (Wildman–Crippen MR) is 77.1 cm³/mol. The molecular formula is C15H16N2O4. The quantitative estimate of drug-likeness (QED) is 0.788. The highest BCUT2D eigenvalue weighted by Crippen LogP contribution is 2.10. The van der Waals surface area contributed by atoms with Crippen molar-refractivity contribution in [2.75, 3.05) is 5.32 Å². The lowest BCUT2D eigenvalue weighted by Crippen LogP contribution is -2.27. The molecule has 0 radical (unpaired) electrons. The van der Waals surface area contributed by atoms with Crippen LogP contribution in [0.5, 0.6) is 0 Å². The molecule has 0 bridgehead atoms. The van der Waals surface area contributed by atoms with Gasteiger partial charge in [-0.05, 0) is 36.8 Å². The lowest BCUT2D eigenvalue weighted by Gasteiger charge is -2.07. The zero-order valence-corrected chi connectivity index (χ0v) is 11.6. The molecular weight excluding hydrogens is 272 g/mol. The lowest BCUT2D eigenvalue weighted by atomic mass is 10.1. The summed E-state index contributed by atoms with van der Waals surface area (Å²) >= 11 is 0. The van der Waals surface area contributed by atoms with Crippen molar-refractivity contribution < 1.29 is 19.1 Å². The number of hydrogen-bond acceptors (Lipinski definition) is 3. The zero-order valence-electron chi connectivity index (χ0n) is 11.6. The van der Waals surface area contributed by atoms with Crippen molar-refractivity contribution in [3.8, 4) is 0 Å². The molecule has 0 atom stereocenters. The number of rotatable bonds is 5. The first kappa shape index (κ1) is 14.6. The van der Waals surface area contributed by atoms with Gasteiger partial charge in [-0.2, -0.15) is 0 Å². The second-order valence-electron chi connectivity index (χ2n) is 4.59. The number of hydrogen-bond donors (Lipinski definition) is 3. The molecule has 0 aliphatic carbocycles. The van der Waals surface area contributed by atoms with Crippen molar-refractivity contribution in [2.45, 2.75) is 19.9 Å². The average molecular weight is 288 g/mol. The van der Waals surface area contributed by atoms with Gasteiger partial charge < -0.3 is 20.2 Å². The van der Waals surface area contributed by atoms with Gasteiger partial charge in [-0.1, -0.05) is 12.1 Å². The molecule has 110 valence electrons. The smallest absolute Gasteiger partial charge is 0.319 e. The molecule has 6 heteroatoms. The van der Waals surface area contributed by atoms with Crippen LogP contribution in [0.1, 0.15) is 17.1 Å². The van der Waals surface area contributed by atoms with E-state index in [1.165, 1.54) is 0 Å². The minimum absolute atomic E-state index is 0.0374. The number of aryl methyl sites for hydroxylation is 1. The number of carbonyl (C=O) groups excluding carboxylic acids is 1. The van der Waals surface area contributed by atoms with Crippen molar-refractivity contribution in [2.24, 2.45) is 0 Å². The SMILES string of the molecule is Cc1ccc(CNC(=O)Nc2ccc(CC(=O)O)cc2)o1. The van der Waals surface area contributed by atoms with Gasteiger partial charge in [0.25, 0.3) is 0 Å². The Morgan fingerprint density at radius 3 is 2.43 bits per heavy atom. The summed E-state index contributed by atoms with van der Waals surface area (Å²) in [6.45, 7) is 2.14. The van der Waals surface area contributed by atoms with Crippen LogP contribution in [0.15, 0.2) is 40.8 Å². The van der Waals surface area contributed by atoms with Crippen molar-refractivity contribution in [1.29, 1.82) is 0 Å². The van der Waals surface area contributed by atoms with E-state index in [2.05, 4.69) is 10.6 Å². The first-order valence-electron chi connectivity index (χ1n) is 6.44. The van der Waals surface area contributed by atoms with E-state index in [4.69, 9.17) is 9.52 Å². The van der Waals surface area contributed by atoms with E-state index < -0.39 is 5.97 Å². The Balaban J connectivity index is 1.83. The number of aliphatic carboxylic acids is 1. The van der Waals surface area contributed by atoms with E-state index in [1.54, 1.807) is 30.3 Å². The van der Waals surface area contributed by atoms with Crippen LogP contribution in [-0.2, 0) is 17.8 Å². The Morgan fingerprint density at radius 2 is 1.86 bits per heavy atom. The van der Waals surface area contributed by atoms with Gasteiger partial charge in [-0.25, -0.2) is 4.79 Å². The number of carboxylic acids is 1. The molecule has 3 N–H and O–H groups in total. The van der Waals surface area contributed by atoms with Crippen LogP contribution >= 0.6 is 0 Å². The van der Waals surface area contributed by atoms with Crippen LogP contribution < -0.4 is 10.6 Å². The van der Waals surface area contributed by atoms with Gasteiger partial charge >= 0.3 is 12.0 Å². The molecule has 21 heavy (non-hydrogen) atoms. The van der Waals surface area contributed by atoms with Crippen molar-refractivity contribution >= 4 is 17.7 Å². The molecule has 0 unspecified atom stereocenters. The van der Waals surface area contributed by atoms with Crippen molar-refractivity contribution in [1.82, 2.24) is 5.32 Å². The Labute approximate surface area is 121 Å². The number of furan rings is 1. The number of carboxylic acid groups (broad SMARTS) is 1. The third-order valence-corrected chi connectivity index (χ3v) is 2.79. The molecule has 1 heterocycles. The molecule has 0 saturated carbocycles. The first-order valence-corrected chi connectivity index (χ1v) is 6.44. The van der Waals surface area contributed by atoms with E-state index in [0.717, 1.165) is 5.76 Å². The second kappa shape index (κ2) is 6.60. The summed E-state index contributed by atoms with van der Waals surface area (Å²) in [5.74, 6) is 0.586. The van der Waals surface area contributed by atoms with Gasteiger partial charge in [0, 0.05) is 5.69 Å². The number of anilines is 1. The molecule has 6 nitrogen and oxygen atoms in total. The van der Waals surface area contributed by atoms with Gasteiger partial charge in [-0.3, -0.25) is 4.79 Å². The number of benzene rings is 1. The van der Waals surface area contributed by atoms with Crippen LogP contribution in [0.25, 0.3) is 0 Å². The van der Waals surface area contributed by atoms with Gasteiger partial charge in [0.2, 0.25) is 0 Å². The van der Waals surface area contributed by atoms with Crippen LogP contribution in [0.3, 0.4) is 0 Å². The van der Waals surface area contributed by atoms with E-state index >= 15 is 0 Å². The lowest BCUT2D eigenvalue weighted by molar-refractivity contribution is -0.136. The number of nitrogens with one attached hydrogen (secondary N) is 2. The maximum atomic E-state index is 11.7. The van der Waals surface area contributed by atoms with Gasteiger partial charge in [-0.15, -0.1) is 0 Å². The fourth-order valence-electron chi connectivity index (χ4n) is 1.80. The largest absolute Gasteiger partial charge is 0.481 e. The number of amides is 2. The monoisotopic (exact) mass is 288 g/mol. The Morgan fingerprint density at radius 1 is 1.14 bits per heavy atom. The minimum atomic E-state index is -0.887. The van der Waals surface area contributed by atoms with E-state index in [-0.39, 0.29) is 12.5 Å². The average Bonchev–Trinajstić information content (AvgIpc) is 2.84. The molecule has 0 aliphatic heterocycles. The molecule has 2 aromatic rings. The summed E-state index contributed by atoms with van der Waals surface area (Å²) in [4.78, 5) is 22.3. The van der Waals surface area contributed by atoms with Crippen molar-refractivity contribution in [3.63, 3.8) is 0 Å². The van der Waals surface area contributed by atoms with Crippen LogP contribution in [0.2, 0.25) is 0 Å². The summed E-state index contributed by atoms with van der Waals surface area (Å²) in [6, 6.07) is 9.94. The summed E-state index contributed by atoms with van der Waals surface area (Å²) in [7, 11) is 0. The maximum Gasteiger partial charge on any atom is 0.319 e.